The topological polar surface area (TPSA) is 66.9 Å². The predicted molar refractivity (Wildman–Crippen MR) is 117 cm³/mol. The molecule has 0 radical (unpaired) electrons. The molecule has 0 saturated carbocycles. The van der Waals surface area contributed by atoms with E-state index in [2.05, 4.69) is 27.2 Å². The molecule has 0 unspecified atom stereocenters. The van der Waals surface area contributed by atoms with Gasteiger partial charge in [0.25, 0.3) is 0 Å². The van der Waals surface area contributed by atoms with Crippen LogP contribution in [0, 0.1) is 0 Å². The normalized spacial score (nSPS) is 11.7. The maximum absolute atomic E-state index is 13.4. The maximum atomic E-state index is 13.4. The van der Waals surface area contributed by atoms with Crippen molar-refractivity contribution in [1.29, 1.82) is 0 Å². The first-order valence-corrected chi connectivity index (χ1v) is 10.5. The second-order valence-electron chi connectivity index (χ2n) is 6.80. The Labute approximate surface area is 194 Å². The lowest BCUT2D eigenvalue weighted by Crippen LogP contribution is -2.11. The van der Waals surface area contributed by atoms with Gasteiger partial charge in [0.2, 0.25) is 5.91 Å². The molecule has 1 amide bonds. The summed E-state index contributed by atoms with van der Waals surface area (Å²) in [7, 11) is 0. The monoisotopic (exact) mass is 498 g/mol. The van der Waals surface area contributed by atoms with Crippen molar-refractivity contribution in [2.24, 2.45) is 0 Å². The summed E-state index contributed by atoms with van der Waals surface area (Å²) < 4.78 is 78.2. The molecule has 5 nitrogen and oxygen atoms in total. The minimum absolute atomic E-state index is 0.0575. The standard InChI is InChI=1S/C22H16F6N4OS/c1-2-19(33)30-16-5-3-4-15(10-16)29-18-11-17(22(26,27)28)31-20(32-18)34-12-13-6-8-14(9-7-13)21(23,24)25/h2-11H,1,12H2,(H,30,33)(H,29,31,32). The molecule has 3 rings (SSSR count). The highest BCUT2D eigenvalue weighted by Gasteiger charge is 2.34. The second-order valence-corrected chi connectivity index (χ2v) is 7.74. The van der Waals surface area contributed by atoms with Gasteiger partial charge < -0.3 is 10.6 Å². The molecule has 0 aliphatic heterocycles. The number of carbonyl (C=O) groups is 1. The van der Waals surface area contributed by atoms with Gasteiger partial charge in [0.05, 0.1) is 5.56 Å². The second kappa shape index (κ2) is 10.2. The van der Waals surface area contributed by atoms with Crippen molar-refractivity contribution in [2.75, 3.05) is 10.6 Å². The van der Waals surface area contributed by atoms with Crippen molar-refractivity contribution < 1.29 is 31.1 Å². The fourth-order valence-electron chi connectivity index (χ4n) is 2.65. The van der Waals surface area contributed by atoms with E-state index in [9.17, 15) is 31.1 Å². The number of anilines is 3. The molecule has 178 valence electrons. The molecule has 12 heteroatoms. The third-order valence-corrected chi connectivity index (χ3v) is 5.15. The zero-order valence-electron chi connectivity index (χ0n) is 17.2. The molecular weight excluding hydrogens is 482 g/mol. The Bertz CT molecular complexity index is 1180. The van der Waals surface area contributed by atoms with Gasteiger partial charge in [0, 0.05) is 23.2 Å². The predicted octanol–water partition coefficient (Wildman–Crippen LogP) is 6.67. The number of nitrogens with one attached hydrogen (secondary N) is 2. The van der Waals surface area contributed by atoms with Crippen LogP contribution in [0.2, 0.25) is 0 Å². The molecule has 1 heterocycles. The largest absolute Gasteiger partial charge is 0.433 e. The van der Waals surface area contributed by atoms with Crippen molar-refractivity contribution in [1.82, 2.24) is 9.97 Å². The average molecular weight is 498 g/mol. The average Bonchev–Trinajstić information content (AvgIpc) is 2.77. The van der Waals surface area contributed by atoms with Crippen molar-refractivity contribution >= 4 is 34.9 Å². The van der Waals surface area contributed by atoms with E-state index >= 15 is 0 Å². The van der Waals surface area contributed by atoms with Crippen LogP contribution in [0.3, 0.4) is 0 Å². The Morgan fingerprint density at radius 1 is 0.941 bits per heavy atom. The number of amides is 1. The molecule has 34 heavy (non-hydrogen) atoms. The highest BCUT2D eigenvalue weighted by atomic mass is 32.2. The fourth-order valence-corrected chi connectivity index (χ4v) is 3.47. The number of aromatic nitrogens is 2. The lowest BCUT2D eigenvalue weighted by molar-refractivity contribution is -0.141. The molecule has 2 N–H and O–H groups in total. The van der Waals surface area contributed by atoms with Crippen molar-refractivity contribution in [3.05, 3.63) is 84.1 Å². The number of rotatable bonds is 7. The molecule has 0 saturated heterocycles. The quantitative estimate of drug-likeness (QED) is 0.165. The van der Waals surface area contributed by atoms with Crippen LogP contribution < -0.4 is 10.6 Å². The van der Waals surface area contributed by atoms with Gasteiger partial charge in [0.1, 0.15) is 5.82 Å². The first-order valence-electron chi connectivity index (χ1n) is 9.50. The summed E-state index contributed by atoms with van der Waals surface area (Å²) in [5.41, 5.74) is -0.811. The number of nitrogens with zero attached hydrogens (tertiary/aromatic N) is 2. The van der Waals surface area contributed by atoms with Gasteiger partial charge in [-0.25, -0.2) is 9.97 Å². The van der Waals surface area contributed by atoms with E-state index in [0.29, 0.717) is 16.9 Å². The number of benzene rings is 2. The van der Waals surface area contributed by atoms with E-state index in [1.165, 1.54) is 18.2 Å². The Morgan fingerprint density at radius 2 is 1.62 bits per heavy atom. The van der Waals surface area contributed by atoms with Crippen LogP contribution in [0.25, 0.3) is 0 Å². The number of hydrogen-bond acceptors (Lipinski definition) is 5. The Hall–Kier alpha value is -3.54. The van der Waals surface area contributed by atoms with Crippen molar-refractivity contribution in [2.45, 2.75) is 23.3 Å². The van der Waals surface area contributed by atoms with Crippen LogP contribution in [0.1, 0.15) is 16.8 Å². The minimum atomic E-state index is -4.75. The van der Waals surface area contributed by atoms with Gasteiger partial charge in [-0.2, -0.15) is 26.3 Å². The molecule has 0 bridgehead atoms. The lowest BCUT2D eigenvalue weighted by atomic mass is 10.1. The highest BCUT2D eigenvalue weighted by molar-refractivity contribution is 7.98. The molecule has 0 aliphatic rings. The minimum Gasteiger partial charge on any atom is -0.340 e. The molecule has 0 spiro atoms. The number of hydrogen-bond donors (Lipinski definition) is 2. The van der Waals surface area contributed by atoms with Gasteiger partial charge in [-0.3, -0.25) is 4.79 Å². The Balaban J connectivity index is 1.81. The van der Waals surface area contributed by atoms with Crippen LogP contribution in [-0.4, -0.2) is 15.9 Å². The number of alkyl halides is 6. The summed E-state index contributed by atoms with van der Waals surface area (Å²) in [6.07, 6.45) is -8.16. The molecule has 3 aromatic rings. The molecule has 0 atom stereocenters. The van der Waals surface area contributed by atoms with E-state index in [1.54, 1.807) is 18.2 Å². The van der Waals surface area contributed by atoms with E-state index in [-0.39, 0.29) is 16.7 Å². The summed E-state index contributed by atoms with van der Waals surface area (Å²) in [4.78, 5) is 19.1. The third-order valence-electron chi connectivity index (χ3n) is 4.23. The lowest BCUT2D eigenvalue weighted by Gasteiger charge is -2.13. The smallest absolute Gasteiger partial charge is 0.340 e. The number of thioether (sulfide) groups is 1. The Kier molecular flexibility index (Phi) is 7.50. The number of halogens is 6. The number of carbonyl (C=O) groups excluding carboxylic acids is 1. The first kappa shape index (κ1) is 25.1. The van der Waals surface area contributed by atoms with Gasteiger partial charge in [-0.1, -0.05) is 36.5 Å². The maximum Gasteiger partial charge on any atom is 0.433 e. The van der Waals surface area contributed by atoms with Crippen LogP contribution in [0.4, 0.5) is 43.5 Å². The summed E-state index contributed by atoms with van der Waals surface area (Å²) in [6.45, 7) is 3.34. The summed E-state index contributed by atoms with van der Waals surface area (Å²) in [5, 5.41) is 5.06. The van der Waals surface area contributed by atoms with E-state index in [0.717, 1.165) is 36.0 Å². The first-order chi connectivity index (χ1) is 15.9. The molecule has 2 aromatic carbocycles. The molecular formula is C22H16F6N4OS. The SMILES string of the molecule is C=CC(=O)Nc1cccc(Nc2cc(C(F)(F)F)nc(SCc3ccc(C(F)(F)F)cc3)n2)c1. The van der Waals surface area contributed by atoms with Gasteiger partial charge in [-0.05, 0) is 42.0 Å². The summed E-state index contributed by atoms with van der Waals surface area (Å²) in [6, 6.07) is 11.2. The molecule has 1 aromatic heterocycles. The fraction of sp³-hybridized carbons (Fsp3) is 0.136. The van der Waals surface area contributed by atoms with Crippen LogP contribution in [-0.2, 0) is 22.9 Å². The van der Waals surface area contributed by atoms with Crippen LogP contribution in [0.5, 0.6) is 0 Å². The zero-order chi connectivity index (χ0) is 24.9. The molecule has 0 aliphatic carbocycles. The zero-order valence-corrected chi connectivity index (χ0v) is 18.0. The van der Waals surface area contributed by atoms with E-state index in [4.69, 9.17) is 0 Å². The van der Waals surface area contributed by atoms with Crippen molar-refractivity contribution in [3.8, 4) is 0 Å². The highest BCUT2D eigenvalue weighted by Crippen LogP contribution is 2.33. The molecule has 0 fully saturated rings. The van der Waals surface area contributed by atoms with Gasteiger partial charge in [0.15, 0.2) is 10.9 Å². The van der Waals surface area contributed by atoms with Crippen molar-refractivity contribution in [3.63, 3.8) is 0 Å². The van der Waals surface area contributed by atoms with E-state index in [1.807, 2.05) is 0 Å². The van der Waals surface area contributed by atoms with Crippen LogP contribution in [0.15, 0.2) is 72.4 Å². The Morgan fingerprint density at radius 3 is 2.24 bits per heavy atom. The third kappa shape index (κ3) is 6.98. The summed E-state index contributed by atoms with van der Waals surface area (Å²) in [5.74, 6) is -0.549. The van der Waals surface area contributed by atoms with Crippen LogP contribution >= 0.6 is 11.8 Å². The van der Waals surface area contributed by atoms with Gasteiger partial charge >= 0.3 is 12.4 Å². The van der Waals surface area contributed by atoms with Gasteiger partial charge in [-0.15, -0.1) is 0 Å². The summed E-state index contributed by atoms with van der Waals surface area (Å²) >= 11 is 0.845. The van der Waals surface area contributed by atoms with E-state index < -0.39 is 29.5 Å².